The van der Waals surface area contributed by atoms with Gasteiger partial charge in [0.1, 0.15) is 12.4 Å². The van der Waals surface area contributed by atoms with Crippen molar-refractivity contribution in [2.24, 2.45) is 4.99 Å². The minimum absolute atomic E-state index is 0.219. The lowest BCUT2D eigenvalue weighted by molar-refractivity contribution is -0.139. The summed E-state index contributed by atoms with van der Waals surface area (Å²) in [6, 6.07) is 19.8. The Morgan fingerprint density at radius 1 is 0.955 bits per heavy atom. The van der Waals surface area contributed by atoms with Gasteiger partial charge in [0.25, 0.3) is 5.56 Å². The van der Waals surface area contributed by atoms with Crippen molar-refractivity contribution in [2.75, 3.05) is 13.2 Å². The van der Waals surface area contributed by atoms with Crippen LogP contribution in [0.2, 0.25) is 0 Å². The highest BCUT2D eigenvalue weighted by atomic mass is 79.9. The minimum atomic E-state index is -0.651. The standard InChI is InChI=1S/C34H31BrN2O6S/c1-5-41-32(39)25-14-9-22(10-15-25)19-43-27-16-11-23(17-26(27)35)18-28-31(38)37-30(24-12-7-20(3)8-13-24)29(33(40)42-6-2)21(4)36-34(37)44-28/h7-18,30H,5-6,19H2,1-4H3/b28-18-/t30-/m1/s1. The number of aromatic nitrogens is 1. The first-order valence-corrected chi connectivity index (χ1v) is 15.8. The van der Waals surface area contributed by atoms with Gasteiger partial charge >= 0.3 is 11.9 Å². The smallest absolute Gasteiger partial charge is 0.338 e. The Morgan fingerprint density at radius 3 is 2.30 bits per heavy atom. The number of aryl methyl sites for hydroxylation is 1. The highest BCUT2D eigenvalue weighted by Crippen LogP contribution is 2.31. The zero-order valence-electron chi connectivity index (χ0n) is 24.8. The molecule has 0 bridgehead atoms. The van der Waals surface area contributed by atoms with Gasteiger partial charge in [0.2, 0.25) is 0 Å². The lowest BCUT2D eigenvalue weighted by Gasteiger charge is -2.24. The molecule has 0 fully saturated rings. The van der Waals surface area contributed by atoms with Gasteiger partial charge in [-0.2, -0.15) is 0 Å². The van der Waals surface area contributed by atoms with Gasteiger partial charge < -0.3 is 14.2 Å². The van der Waals surface area contributed by atoms with Gasteiger partial charge in [-0.05, 0) is 90.7 Å². The van der Waals surface area contributed by atoms with Crippen molar-refractivity contribution >= 4 is 45.3 Å². The Balaban J connectivity index is 1.43. The number of ether oxygens (including phenoxy) is 3. The minimum Gasteiger partial charge on any atom is -0.488 e. The molecule has 10 heteroatoms. The molecule has 0 aliphatic carbocycles. The summed E-state index contributed by atoms with van der Waals surface area (Å²) in [6.45, 7) is 8.13. The highest BCUT2D eigenvalue weighted by molar-refractivity contribution is 9.10. The molecule has 0 saturated carbocycles. The summed E-state index contributed by atoms with van der Waals surface area (Å²) in [5.41, 5.74) is 4.71. The van der Waals surface area contributed by atoms with E-state index in [1.807, 2.05) is 67.6 Å². The number of carbonyl (C=O) groups excluding carboxylic acids is 2. The monoisotopic (exact) mass is 674 g/mol. The van der Waals surface area contributed by atoms with Crippen molar-refractivity contribution in [3.8, 4) is 5.75 Å². The van der Waals surface area contributed by atoms with Crippen LogP contribution in [-0.4, -0.2) is 29.7 Å². The number of rotatable bonds is 9. The summed E-state index contributed by atoms with van der Waals surface area (Å²) in [6.07, 6.45) is 1.81. The molecular weight excluding hydrogens is 644 g/mol. The van der Waals surface area contributed by atoms with Crippen LogP contribution in [0.1, 0.15) is 59.4 Å². The van der Waals surface area contributed by atoms with Crippen LogP contribution in [0.25, 0.3) is 6.08 Å². The van der Waals surface area contributed by atoms with Gasteiger partial charge in [-0.3, -0.25) is 9.36 Å². The van der Waals surface area contributed by atoms with E-state index in [2.05, 4.69) is 20.9 Å². The first-order valence-electron chi connectivity index (χ1n) is 14.1. The molecule has 0 amide bonds. The molecule has 0 spiro atoms. The molecule has 0 unspecified atom stereocenters. The van der Waals surface area contributed by atoms with Gasteiger partial charge in [0.15, 0.2) is 4.80 Å². The fourth-order valence-corrected chi connectivity index (χ4v) is 6.40. The number of halogens is 1. The molecule has 0 saturated heterocycles. The maximum atomic E-state index is 13.9. The Morgan fingerprint density at radius 2 is 1.64 bits per heavy atom. The normalized spacial score (nSPS) is 14.6. The van der Waals surface area contributed by atoms with Gasteiger partial charge in [-0.1, -0.05) is 59.4 Å². The summed E-state index contributed by atoms with van der Waals surface area (Å²) in [5.74, 6) is -0.207. The molecule has 1 aliphatic rings. The predicted molar refractivity (Wildman–Crippen MR) is 172 cm³/mol. The second-order valence-electron chi connectivity index (χ2n) is 10.1. The van der Waals surface area contributed by atoms with Crippen molar-refractivity contribution in [1.29, 1.82) is 0 Å². The fraction of sp³-hybridized carbons (Fsp3) is 0.235. The quantitative estimate of drug-likeness (QED) is 0.214. The Bertz CT molecular complexity index is 1920. The van der Waals surface area contributed by atoms with E-state index in [1.165, 1.54) is 11.3 Å². The number of hydrogen-bond acceptors (Lipinski definition) is 8. The topological polar surface area (TPSA) is 96.2 Å². The van der Waals surface area contributed by atoms with Crippen molar-refractivity contribution in [1.82, 2.24) is 4.57 Å². The highest BCUT2D eigenvalue weighted by Gasteiger charge is 2.33. The van der Waals surface area contributed by atoms with E-state index in [0.29, 0.717) is 45.1 Å². The van der Waals surface area contributed by atoms with Crippen molar-refractivity contribution in [3.63, 3.8) is 0 Å². The molecule has 1 aliphatic heterocycles. The number of nitrogens with zero attached hydrogens (tertiary/aromatic N) is 2. The van der Waals surface area contributed by atoms with Crippen molar-refractivity contribution in [2.45, 2.75) is 40.3 Å². The van der Waals surface area contributed by atoms with E-state index in [4.69, 9.17) is 14.2 Å². The zero-order chi connectivity index (χ0) is 31.4. The lowest BCUT2D eigenvalue weighted by atomic mass is 9.95. The van der Waals surface area contributed by atoms with Crippen LogP contribution >= 0.6 is 27.3 Å². The van der Waals surface area contributed by atoms with E-state index in [9.17, 15) is 14.4 Å². The average Bonchev–Trinajstić information content (AvgIpc) is 3.30. The summed E-state index contributed by atoms with van der Waals surface area (Å²) >= 11 is 4.86. The van der Waals surface area contributed by atoms with Crippen molar-refractivity contribution in [3.05, 3.63) is 130 Å². The van der Waals surface area contributed by atoms with Gasteiger partial charge in [0, 0.05) is 0 Å². The van der Waals surface area contributed by atoms with Crippen LogP contribution in [0.4, 0.5) is 0 Å². The van der Waals surface area contributed by atoms with Gasteiger partial charge in [-0.25, -0.2) is 14.6 Å². The number of allylic oxidation sites excluding steroid dienone is 1. The Kier molecular flexibility index (Phi) is 9.61. The number of thiazole rings is 1. The van der Waals surface area contributed by atoms with Crippen LogP contribution in [0.15, 0.2) is 92.3 Å². The molecular formula is C34H31BrN2O6S. The lowest BCUT2D eigenvalue weighted by Crippen LogP contribution is -2.39. The van der Waals surface area contributed by atoms with Crippen LogP contribution in [0.3, 0.4) is 0 Å². The molecule has 0 radical (unpaired) electrons. The van der Waals surface area contributed by atoms with Gasteiger partial charge in [-0.15, -0.1) is 0 Å². The van der Waals surface area contributed by atoms with Crippen LogP contribution in [0.5, 0.6) is 5.75 Å². The van der Waals surface area contributed by atoms with E-state index >= 15 is 0 Å². The van der Waals surface area contributed by atoms with Crippen LogP contribution < -0.4 is 19.6 Å². The van der Waals surface area contributed by atoms with E-state index in [1.54, 1.807) is 37.5 Å². The first-order chi connectivity index (χ1) is 21.2. The van der Waals surface area contributed by atoms with E-state index in [0.717, 1.165) is 26.7 Å². The molecule has 2 heterocycles. The molecule has 4 aromatic rings. The predicted octanol–water partition coefficient (Wildman–Crippen LogP) is 5.62. The molecule has 226 valence electrons. The van der Waals surface area contributed by atoms with E-state index in [-0.39, 0.29) is 18.1 Å². The molecule has 5 rings (SSSR count). The molecule has 44 heavy (non-hydrogen) atoms. The van der Waals surface area contributed by atoms with Crippen molar-refractivity contribution < 1.29 is 23.8 Å². The summed E-state index contributed by atoms with van der Waals surface area (Å²) in [7, 11) is 0. The third-order valence-electron chi connectivity index (χ3n) is 7.02. The largest absolute Gasteiger partial charge is 0.488 e. The van der Waals surface area contributed by atoms with Crippen LogP contribution in [0, 0.1) is 6.92 Å². The summed E-state index contributed by atoms with van der Waals surface area (Å²) < 4.78 is 19.2. The maximum Gasteiger partial charge on any atom is 0.338 e. The Labute approximate surface area is 267 Å². The Hall–Kier alpha value is -4.28. The summed E-state index contributed by atoms with van der Waals surface area (Å²) in [4.78, 5) is 44.0. The molecule has 0 N–H and O–H groups in total. The molecule has 1 atom stereocenters. The van der Waals surface area contributed by atoms with Crippen LogP contribution in [-0.2, 0) is 20.9 Å². The molecule has 8 nitrogen and oxygen atoms in total. The zero-order valence-corrected chi connectivity index (χ0v) is 27.2. The third kappa shape index (κ3) is 6.61. The SMILES string of the molecule is CCOC(=O)C1=C(C)N=c2s/c(=C\c3ccc(OCc4ccc(C(=O)OCC)cc4)c(Br)c3)c(=O)n2[C@@H]1c1ccc(C)cc1. The van der Waals surface area contributed by atoms with Gasteiger partial charge in [0.05, 0.1) is 45.1 Å². The fourth-order valence-electron chi connectivity index (χ4n) is 4.84. The number of esters is 2. The summed E-state index contributed by atoms with van der Waals surface area (Å²) in [5, 5.41) is 0. The number of benzene rings is 3. The first kappa shape index (κ1) is 31.2. The number of hydrogen-bond donors (Lipinski definition) is 0. The second-order valence-corrected chi connectivity index (χ2v) is 12.0. The van der Waals surface area contributed by atoms with E-state index < -0.39 is 12.0 Å². The number of fused-ring (bicyclic) bond motifs is 1. The molecule has 3 aromatic carbocycles. The average molecular weight is 676 g/mol. The third-order valence-corrected chi connectivity index (χ3v) is 8.63. The number of carbonyl (C=O) groups is 2. The molecule has 1 aromatic heterocycles. The second kappa shape index (κ2) is 13.6. The maximum absolute atomic E-state index is 13.9.